The third-order valence-corrected chi connectivity index (χ3v) is 5.88. The number of amides is 1. The van der Waals surface area contributed by atoms with Gasteiger partial charge < -0.3 is 10.0 Å². The van der Waals surface area contributed by atoms with Gasteiger partial charge in [0.25, 0.3) is 5.91 Å². The lowest BCUT2D eigenvalue weighted by molar-refractivity contribution is -0.150. The van der Waals surface area contributed by atoms with Crippen molar-refractivity contribution < 1.29 is 14.7 Å². The van der Waals surface area contributed by atoms with Gasteiger partial charge in [-0.3, -0.25) is 9.59 Å². The Morgan fingerprint density at radius 2 is 2.05 bits per heavy atom. The van der Waals surface area contributed by atoms with Crippen molar-refractivity contribution in [3.63, 3.8) is 0 Å². The number of carbonyl (C=O) groups excluding carboxylic acids is 1. The molecule has 1 aromatic rings. The number of carboxylic acid groups (broad SMARTS) is 1. The maximum atomic E-state index is 12.8. The zero-order valence-electron chi connectivity index (χ0n) is 12.4. The zero-order valence-corrected chi connectivity index (χ0v) is 13.2. The maximum absolute atomic E-state index is 12.8. The topological polar surface area (TPSA) is 57.6 Å². The highest BCUT2D eigenvalue weighted by Crippen LogP contribution is 2.34. The predicted molar refractivity (Wildman–Crippen MR) is 81.8 cm³/mol. The SMILES string of the molecule is CC1(C(=O)O)CCCN(C(=O)c2csc3c2CCCC3)C1. The van der Waals surface area contributed by atoms with Crippen molar-refractivity contribution in [1.29, 1.82) is 0 Å². The van der Waals surface area contributed by atoms with Crippen LogP contribution in [0.3, 0.4) is 0 Å². The Bertz CT molecular complexity index is 580. The number of nitrogens with zero attached hydrogens (tertiary/aromatic N) is 1. The summed E-state index contributed by atoms with van der Waals surface area (Å²) >= 11 is 1.69. The van der Waals surface area contributed by atoms with Crippen molar-refractivity contribution in [2.45, 2.75) is 45.4 Å². The molecule has 0 bridgehead atoms. The molecular formula is C16H21NO3S. The molecule has 5 heteroatoms. The van der Waals surface area contributed by atoms with Gasteiger partial charge in [0.05, 0.1) is 11.0 Å². The molecule has 1 aromatic heterocycles. The number of rotatable bonds is 2. The van der Waals surface area contributed by atoms with E-state index in [0.717, 1.165) is 31.2 Å². The zero-order chi connectivity index (χ0) is 15.0. The van der Waals surface area contributed by atoms with Gasteiger partial charge in [-0.1, -0.05) is 0 Å². The summed E-state index contributed by atoms with van der Waals surface area (Å²) < 4.78 is 0. The molecule has 1 amide bonds. The molecule has 1 saturated heterocycles. The summed E-state index contributed by atoms with van der Waals surface area (Å²) in [5, 5.41) is 11.4. The van der Waals surface area contributed by atoms with Crippen LogP contribution in [0, 0.1) is 5.41 Å². The maximum Gasteiger partial charge on any atom is 0.311 e. The number of likely N-dealkylation sites (tertiary alicyclic amines) is 1. The van der Waals surface area contributed by atoms with E-state index in [0.29, 0.717) is 19.5 Å². The number of aryl methyl sites for hydroxylation is 1. The molecule has 21 heavy (non-hydrogen) atoms. The minimum absolute atomic E-state index is 0.0292. The number of carboxylic acids is 1. The van der Waals surface area contributed by atoms with Gasteiger partial charge in [-0.25, -0.2) is 0 Å². The van der Waals surface area contributed by atoms with E-state index >= 15 is 0 Å². The molecular weight excluding hydrogens is 286 g/mol. The van der Waals surface area contributed by atoms with Crippen molar-refractivity contribution in [3.05, 3.63) is 21.4 Å². The van der Waals surface area contributed by atoms with Crippen LogP contribution in [0.1, 0.15) is 53.4 Å². The Kier molecular flexibility index (Phi) is 3.78. The number of hydrogen-bond acceptors (Lipinski definition) is 3. The number of thiophene rings is 1. The van der Waals surface area contributed by atoms with Crippen LogP contribution in [0.15, 0.2) is 5.38 Å². The third kappa shape index (κ3) is 2.59. The Morgan fingerprint density at radius 3 is 2.81 bits per heavy atom. The quantitative estimate of drug-likeness (QED) is 0.914. The lowest BCUT2D eigenvalue weighted by atomic mass is 9.81. The van der Waals surface area contributed by atoms with Crippen molar-refractivity contribution >= 4 is 23.2 Å². The average Bonchev–Trinajstić information content (AvgIpc) is 2.90. The summed E-state index contributed by atoms with van der Waals surface area (Å²) in [6, 6.07) is 0. The number of fused-ring (bicyclic) bond motifs is 1. The van der Waals surface area contributed by atoms with E-state index in [1.54, 1.807) is 23.2 Å². The van der Waals surface area contributed by atoms with Gasteiger partial charge in [0, 0.05) is 23.3 Å². The third-order valence-electron chi connectivity index (χ3n) is 4.79. The molecule has 1 atom stereocenters. The minimum atomic E-state index is -0.802. The molecule has 1 N–H and O–H groups in total. The number of hydrogen-bond donors (Lipinski definition) is 1. The number of carbonyl (C=O) groups is 2. The fraction of sp³-hybridized carbons (Fsp3) is 0.625. The summed E-state index contributed by atoms with van der Waals surface area (Å²) in [5.41, 5.74) is 1.24. The number of aliphatic carboxylic acids is 1. The van der Waals surface area contributed by atoms with E-state index in [2.05, 4.69) is 0 Å². The lowest BCUT2D eigenvalue weighted by Crippen LogP contribution is -2.48. The molecule has 1 unspecified atom stereocenters. The van der Waals surface area contributed by atoms with Crippen LogP contribution < -0.4 is 0 Å². The Balaban J connectivity index is 1.82. The van der Waals surface area contributed by atoms with Crippen molar-refractivity contribution in [2.24, 2.45) is 5.41 Å². The van der Waals surface area contributed by atoms with Crippen molar-refractivity contribution in [3.8, 4) is 0 Å². The molecule has 4 nitrogen and oxygen atoms in total. The first-order valence-electron chi connectivity index (χ1n) is 7.63. The summed E-state index contributed by atoms with van der Waals surface area (Å²) in [6.45, 7) is 2.75. The number of piperidine rings is 1. The first kappa shape index (κ1) is 14.6. The van der Waals surface area contributed by atoms with Gasteiger partial charge in [0.1, 0.15) is 0 Å². The molecule has 2 heterocycles. The van der Waals surface area contributed by atoms with E-state index in [1.807, 2.05) is 5.38 Å². The standard InChI is InChI=1S/C16H21NO3S/c1-16(15(19)20)7-4-8-17(10-16)14(18)12-9-21-13-6-3-2-5-11(12)13/h9H,2-8,10H2,1H3,(H,19,20). The molecule has 3 rings (SSSR count). The summed E-state index contributed by atoms with van der Waals surface area (Å²) in [6.07, 6.45) is 5.84. The molecule has 1 aliphatic heterocycles. The van der Waals surface area contributed by atoms with E-state index in [4.69, 9.17) is 0 Å². The summed E-state index contributed by atoms with van der Waals surface area (Å²) in [7, 11) is 0. The molecule has 114 valence electrons. The highest BCUT2D eigenvalue weighted by Gasteiger charge is 2.40. The van der Waals surface area contributed by atoms with Gasteiger partial charge in [-0.15, -0.1) is 11.3 Å². The summed E-state index contributed by atoms with van der Waals surface area (Å²) in [4.78, 5) is 27.3. The first-order chi connectivity index (χ1) is 10.0. The van der Waals surface area contributed by atoms with Gasteiger partial charge in [-0.05, 0) is 51.0 Å². The highest BCUT2D eigenvalue weighted by molar-refractivity contribution is 7.10. The molecule has 1 fully saturated rings. The second-order valence-electron chi connectivity index (χ2n) is 6.45. The highest BCUT2D eigenvalue weighted by atomic mass is 32.1. The first-order valence-corrected chi connectivity index (χ1v) is 8.51. The molecule has 2 aliphatic rings. The van der Waals surface area contributed by atoms with Crippen molar-refractivity contribution in [1.82, 2.24) is 4.90 Å². The molecule has 0 radical (unpaired) electrons. The summed E-state index contributed by atoms with van der Waals surface area (Å²) in [5.74, 6) is -0.770. The second-order valence-corrected chi connectivity index (χ2v) is 7.42. The van der Waals surface area contributed by atoms with E-state index in [-0.39, 0.29) is 5.91 Å². The largest absolute Gasteiger partial charge is 0.481 e. The minimum Gasteiger partial charge on any atom is -0.481 e. The molecule has 0 spiro atoms. The fourth-order valence-electron chi connectivity index (χ4n) is 3.43. The average molecular weight is 307 g/mol. The fourth-order valence-corrected chi connectivity index (χ4v) is 4.55. The van der Waals surface area contributed by atoms with Crippen LogP contribution in [-0.4, -0.2) is 35.0 Å². The molecule has 0 aromatic carbocycles. The Hall–Kier alpha value is -1.36. The van der Waals surface area contributed by atoms with Crippen LogP contribution in [-0.2, 0) is 17.6 Å². The van der Waals surface area contributed by atoms with Gasteiger partial charge >= 0.3 is 5.97 Å². The van der Waals surface area contributed by atoms with Gasteiger partial charge in [-0.2, -0.15) is 0 Å². The van der Waals surface area contributed by atoms with Crippen LogP contribution in [0.25, 0.3) is 0 Å². The van der Waals surface area contributed by atoms with E-state index < -0.39 is 11.4 Å². The van der Waals surface area contributed by atoms with E-state index in [9.17, 15) is 14.7 Å². The van der Waals surface area contributed by atoms with Crippen LogP contribution in [0.2, 0.25) is 0 Å². The molecule has 0 saturated carbocycles. The normalized spacial score (nSPS) is 25.5. The Morgan fingerprint density at radius 1 is 1.29 bits per heavy atom. The van der Waals surface area contributed by atoms with Crippen LogP contribution in [0.5, 0.6) is 0 Å². The van der Waals surface area contributed by atoms with Crippen LogP contribution >= 0.6 is 11.3 Å². The van der Waals surface area contributed by atoms with E-state index in [1.165, 1.54) is 16.9 Å². The molecule has 1 aliphatic carbocycles. The Labute approximate surface area is 128 Å². The van der Waals surface area contributed by atoms with Gasteiger partial charge in [0.15, 0.2) is 0 Å². The predicted octanol–water partition coefficient (Wildman–Crippen LogP) is 2.95. The lowest BCUT2D eigenvalue weighted by Gasteiger charge is -2.37. The second kappa shape index (κ2) is 5.44. The van der Waals surface area contributed by atoms with Crippen molar-refractivity contribution in [2.75, 3.05) is 13.1 Å². The van der Waals surface area contributed by atoms with Crippen LogP contribution in [0.4, 0.5) is 0 Å². The smallest absolute Gasteiger partial charge is 0.311 e. The monoisotopic (exact) mass is 307 g/mol. The van der Waals surface area contributed by atoms with Gasteiger partial charge in [0.2, 0.25) is 0 Å².